The molecule has 0 saturated heterocycles. The standard InChI is InChI=1S/C20H19N3O5S/c1-23-17-7-4-12(24)10-14(17)15-11-13(5-8-18(15)23)29(25,26)22-16-6-9-19(27-2)21-20(16)28-3/h4-11,22,24H,1-3H3. The third kappa shape index (κ3) is 3.19. The fraction of sp³-hybridized carbons (Fsp3) is 0.150. The number of aryl methyl sites for hydroxylation is 1. The summed E-state index contributed by atoms with van der Waals surface area (Å²) in [5, 5.41) is 11.3. The van der Waals surface area contributed by atoms with E-state index in [-0.39, 0.29) is 22.2 Å². The van der Waals surface area contributed by atoms with Gasteiger partial charge in [0.1, 0.15) is 11.4 Å². The normalized spacial score (nSPS) is 11.7. The van der Waals surface area contributed by atoms with Crippen LogP contribution >= 0.6 is 0 Å². The number of nitrogens with one attached hydrogen (secondary N) is 1. The van der Waals surface area contributed by atoms with Gasteiger partial charge in [-0.2, -0.15) is 4.98 Å². The third-order valence-electron chi connectivity index (χ3n) is 4.75. The average molecular weight is 413 g/mol. The highest BCUT2D eigenvalue weighted by Gasteiger charge is 2.20. The number of fused-ring (bicyclic) bond motifs is 3. The molecule has 9 heteroatoms. The van der Waals surface area contributed by atoms with Crippen LogP contribution in [0, 0.1) is 0 Å². The zero-order valence-electron chi connectivity index (χ0n) is 16.0. The van der Waals surface area contributed by atoms with Crippen LogP contribution in [0.2, 0.25) is 0 Å². The summed E-state index contributed by atoms with van der Waals surface area (Å²) in [7, 11) is 0.840. The molecule has 2 N–H and O–H groups in total. The molecule has 0 aliphatic carbocycles. The lowest BCUT2D eigenvalue weighted by Crippen LogP contribution is -2.14. The molecular formula is C20H19N3O5S. The summed E-state index contributed by atoms with van der Waals surface area (Å²) in [5.74, 6) is 0.524. The molecule has 2 heterocycles. The molecule has 0 spiro atoms. The van der Waals surface area contributed by atoms with Gasteiger partial charge in [-0.25, -0.2) is 8.42 Å². The van der Waals surface area contributed by atoms with Crippen LogP contribution in [0.4, 0.5) is 5.69 Å². The molecule has 0 aliphatic heterocycles. The van der Waals surface area contributed by atoms with Gasteiger partial charge >= 0.3 is 0 Å². The van der Waals surface area contributed by atoms with Gasteiger partial charge in [-0.1, -0.05) is 0 Å². The summed E-state index contributed by atoms with van der Waals surface area (Å²) < 4.78 is 40.7. The Hall–Kier alpha value is -3.46. The number of phenols is 1. The lowest BCUT2D eigenvalue weighted by Gasteiger charge is -2.12. The lowest BCUT2D eigenvalue weighted by molar-refractivity contribution is 0.366. The first kappa shape index (κ1) is 18.9. The van der Waals surface area contributed by atoms with Crippen LogP contribution in [0.1, 0.15) is 0 Å². The fourth-order valence-electron chi connectivity index (χ4n) is 3.33. The molecular weight excluding hydrogens is 394 g/mol. The molecule has 2 aromatic carbocycles. The Kier molecular flexibility index (Phi) is 4.46. The summed E-state index contributed by atoms with van der Waals surface area (Å²) in [5.41, 5.74) is 1.94. The van der Waals surface area contributed by atoms with Crippen LogP contribution in [0.3, 0.4) is 0 Å². The van der Waals surface area contributed by atoms with E-state index in [0.29, 0.717) is 5.88 Å². The number of hydrogen-bond acceptors (Lipinski definition) is 6. The van der Waals surface area contributed by atoms with Gasteiger partial charge < -0.3 is 19.1 Å². The molecule has 0 radical (unpaired) electrons. The molecule has 0 unspecified atom stereocenters. The highest BCUT2D eigenvalue weighted by molar-refractivity contribution is 7.92. The van der Waals surface area contributed by atoms with Gasteiger partial charge in [0.2, 0.25) is 11.8 Å². The number of phenolic OH excluding ortho intramolecular Hbond substituents is 1. The van der Waals surface area contributed by atoms with Crippen LogP contribution in [-0.4, -0.2) is 37.3 Å². The Morgan fingerprint density at radius 3 is 2.34 bits per heavy atom. The summed E-state index contributed by atoms with van der Waals surface area (Å²) >= 11 is 0. The first-order chi connectivity index (χ1) is 13.8. The average Bonchev–Trinajstić information content (AvgIpc) is 2.99. The third-order valence-corrected chi connectivity index (χ3v) is 6.12. The van der Waals surface area contributed by atoms with Gasteiger partial charge in [0, 0.05) is 34.9 Å². The maximum absolute atomic E-state index is 13.0. The number of anilines is 1. The molecule has 0 bridgehead atoms. The Bertz CT molecular complexity index is 1350. The minimum atomic E-state index is -3.91. The molecule has 4 aromatic rings. The van der Waals surface area contributed by atoms with E-state index in [1.165, 1.54) is 32.4 Å². The van der Waals surface area contributed by atoms with Gasteiger partial charge in [0.05, 0.1) is 19.1 Å². The van der Waals surface area contributed by atoms with Gasteiger partial charge in [0.15, 0.2) is 0 Å². The molecule has 0 saturated carbocycles. The number of hydrogen-bond donors (Lipinski definition) is 2. The molecule has 29 heavy (non-hydrogen) atoms. The molecule has 0 fully saturated rings. The van der Waals surface area contributed by atoms with E-state index in [4.69, 9.17) is 9.47 Å². The maximum atomic E-state index is 13.0. The van der Waals surface area contributed by atoms with Crippen LogP contribution in [-0.2, 0) is 17.1 Å². The number of benzene rings is 2. The van der Waals surface area contributed by atoms with E-state index in [9.17, 15) is 13.5 Å². The summed E-state index contributed by atoms with van der Waals surface area (Å²) in [6, 6.07) is 12.9. The van der Waals surface area contributed by atoms with Gasteiger partial charge in [-0.15, -0.1) is 0 Å². The lowest BCUT2D eigenvalue weighted by atomic mass is 10.1. The van der Waals surface area contributed by atoms with Crippen molar-refractivity contribution in [2.45, 2.75) is 4.90 Å². The minimum Gasteiger partial charge on any atom is -0.508 e. The smallest absolute Gasteiger partial charge is 0.262 e. The van der Waals surface area contributed by atoms with Crippen molar-refractivity contribution >= 4 is 37.5 Å². The van der Waals surface area contributed by atoms with Crippen molar-refractivity contribution < 1.29 is 23.0 Å². The van der Waals surface area contributed by atoms with E-state index >= 15 is 0 Å². The molecule has 8 nitrogen and oxygen atoms in total. The Balaban J connectivity index is 1.81. The van der Waals surface area contributed by atoms with Crippen molar-refractivity contribution in [3.8, 4) is 17.5 Å². The van der Waals surface area contributed by atoms with Crippen LogP contribution in [0.5, 0.6) is 17.5 Å². The van der Waals surface area contributed by atoms with E-state index < -0.39 is 10.0 Å². The number of ether oxygens (including phenoxy) is 2. The highest BCUT2D eigenvalue weighted by Crippen LogP contribution is 2.33. The minimum absolute atomic E-state index is 0.0821. The molecule has 2 aromatic heterocycles. The van der Waals surface area contributed by atoms with Gasteiger partial charge in [-0.3, -0.25) is 4.72 Å². The van der Waals surface area contributed by atoms with Crippen molar-refractivity contribution in [1.82, 2.24) is 9.55 Å². The van der Waals surface area contributed by atoms with Gasteiger partial charge in [0.25, 0.3) is 10.0 Å². The predicted octanol–water partition coefficient (Wildman–Crippen LogP) is 3.25. The number of pyridine rings is 1. The first-order valence-corrected chi connectivity index (χ1v) is 10.2. The summed E-state index contributed by atoms with van der Waals surface area (Å²) in [6.07, 6.45) is 0. The molecule has 0 amide bonds. The molecule has 0 atom stereocenters. The van der Waals surface area contributed by atoms with Crippen molar-refractivity contribution in [2.24, 2.45) is 7.05 Å². The first-order valence-electron chi connectivity index (χ1n) is 8.67. The quantitative estimate of drug-likeness (QED) is 0.521. The number of nitrogens with zero attached hydrogens (tertiary/aromatic N) is 2. The molecule has 150 valence electrons. The molecule has 0 aliphatic rings. The Morgan fingerprint density at radius 1 is 0.966 bits per heavy atom. The number of aromatic nitrogens is 2. The highest BCUT2D eigenvalue weighted by atomic mass is 32.2. The second-order valence-corrected chi connectivity index (χ2v) is 8.14. The summed E-state index contributed by atoms with van der Waals surface area (Å²) in [4.78, 5) is 4.17. The van der Waals surface area contributed by atoms with E-state index in [0.717, 1.165) is 21.8 Å². The van der Waals surface area contributed by atoms with Crippen molar-refractivity contribution in [1.29, 1.82) is 0 Å². The van der Waals surface area contributed by atoms with Crippen LogP contribution in [0.25, 0.3) is 21.8 Å². The van der Waals surface area contributed by atoms with E-state index in [2.05, 4.69) is 9.71 Å². The zero-order valence-corrected chi connectivity index (χ0v) is 16.8. The van der Waals surface area contributed by atoms with Crippen molar-refractivity contribution in [3.63, 3.8) is 0 Å². The fourth-order valence-corrected chi connectivity index (χ4v) is 4.41. The number of rotatable bonds is 5. The SMILES string of the molecule is COc1ccc(NS(=O)(=O)c2ccc3c(c2)c2cc(O)ccc2n3C)c(OC)n1. The topological polar surface area (TPSA) is 103 Å². The van der Waals surface area contributed by atoms with E-state index in [1.54, 1.807) is 30.3 Å². The Morgan fingerprint density at radius 2 is 1.66 bits per heavy atom. The zero-order chi connectivity index (χ0) is 20.8. The second-order valence-electron chi connectivity index (χ2n) is 6.46. The molecule has 4 rings (SSSR count). The monoisotopic (exact) mass is 413 g/mol. The summed E-state index contributed by atoms with van der Waals surface area (Å²) in [6.45, 7) is 0. The number of methoxy groups -OCH3 is 2. The number of sulfonamides is 1. The van der Waals surface area contributed by atoms with E-state index in [1.807, 2.05) is 11.6 Å². The predicted molar refractivity (Wildman–Crippen MR) is 110 cm³/mol. The van der Waals surface area contributed by atoms with Gasteiger partial charge in [-0.05, 0) is 42.5 Å². The largest absolute Gasteiger partial charge is 0.508 e. The van der Waals surface area contributed by atoms with Crippen molar-refractivity contribution in [3.05, 3.63) is 48.5 Å². The maximum Gasteiger partial charge on any atom is 0.262 e. The number of aromatic hydroxyl groups is 1. The second kappa shape index (κ2) is 6.85. The van der Waals surface area contributed by atoms with Crippen LogP contribution in [0.15, 0.2) is 53.4 Å². The Labute approximate surface area is 167 Å². The van der Waals surface area contributed by atoms with Crippen LogP contribution < -0.4 is 14.2 Å². The van der Waals surface area contributed by atoms with Crippen molar-refractivity contribution in [2.75, 3.05) is 18.9 Å².